The Morgan fingerprint density at radius 1 is 0.447 bits per heavy atom. The summed E-state index contributed by atoms with van der Waals surface area (Å²) in [5, 5.41) is 3.57. The maximum absolute atomic E-state index is 5.00. The highest BCUT2D eigenvalue weighted by atomic mass is 32.1. The second kappa shape index (κ2) is 11.4. The number of hydrogen-bond acceptors (Lipinski definition) is 6. The lowest BCUT2D eigenvalue weighted by atomic mass is 10.0. The number of thiophene rings is 1. The summed E-state index contributed by atoms with van der Waals surface area (Å²) < 4.78 is 2.45. The Hall–Kier alpha value is -6.11. The fraction of sp³-hybridized carbons (Fsp3) is 0. The smallest absolute Gasteiger partial charge is 0.164 e. The van der Waals surface area contributed by atoms with E-state index in [0.29, 0.717) is 17.5 Å². The summed E-state index contributed by atoms with van der Waals surface area (Å²) in [5.41, 5.74) is 7.89. The molecule has 0 fully saturated rings. The van der Waals surface area contributed by atoms with Gasteiger partial charge < -0.3 is 0 Å². The zero-order valence-electron chi connectivity index (χ0n) is 25.1. The maximum Gasteiger partial charge on any atom is 0.164 e. The molecule has 5 nitrogen and oxygen atoms in total. The molecule has 0 unspecified atom stereocenters. The lowest BCUT2D eigenvalue weighted by Gasteiger charge is -2.10. The van der Waals surface area contributed by atoms with Crippen LogP contribution in [0.5, 0.6) is 0 Å². The highest BCUT2D eigenvalue weighted by Gasteiger charge is 2.16. The van der Waals surface area contributed by atoms with Crippen LogP contribution in [0.4, 0.5) is 0 Å². The summed E-state index contributed by atoms with van der Waals surface area (Å²) in [6.45, 7) is 0. The largest absolute Gasteiger partial charge is 0.255 e. The SMILES string of the molecule is c1ccc(-c2nc(-c3ccccc3)nc(-c3ccc(-c4cnc5c(-c6nccc7c6sc6ccccc67)cccc5c4)cc3)n2)cc1. The summed E-state index contributed by atoms with van der Waals surface area (Å²) in [6, 6.07) is 47.6. The normalized spacial score (nSPS) is 11.4. The quantitative estimate of drug-likeness (QED) is 0.192. The van der Waals surface area contributed by atoms with Gasteiger partial charge in [0.05, 0.1) is 15.9 Å². The Morgan fingerprint density at radius 2 is 1.06 bits per heavy atom. The average molecular weight is 620 g/mol. The molecule has 0 saturated carbocycles. The van der Waals surface area contributed by atoms with Crippen molar-refractivity contribution in [3.8, 4) is 56.5 Å². The molecule has 0 radical (unpaired) electrons. The topological polar surface area (TPSA) is 64.5 Å². The van der Waals surface area contributed by atoms with Crippen LogP contribution in [0.15, 0.2) is 152 Å². The first-order valence-corrected chi connectivity index (χ1v) is 16.2. The first-order valence-electron chi connectivity index (χ1n) is 15.4. The van der Waals surface area contributed by atoms with E-state index in [1.165, 1.54) is 20.2 Å². The van der Waals surface area contributed by atoms with Gasteiger partial charge in [0.25, 0.3) is 0 Å². The molecule has 220 valence electrons. The molecule has 0 aliphatic rings. The Kier molecular flexibility index (Phi) is 6.58. The summed E-state index contributed by atoms with van der Waals surface area (Å²) in [5.74, 6) is 1.93. The van der Waals surface area contributed by atoms with E-state index in [1.807, 2.05) is 73.1 Å². The number of nitrogens with zero attached hydrogens (tertiary/aromatic N) is 5. The molecule has 0 aliphatic carbocycles. The van der Waals surface area contributed by atoms with Crippen molar-refractivity contribution in [2.75, 3.05) is 0 Å². The van der Waals surface area contributed by atoms with Crippen molar-refractivity contribution in [1.82, 2.24) is 24.9 Å². The summed E-state index contributed by atoms with van der Waals surface area (Å²) >= 11 is 1.79. The minimum atomic E-state index is 0.633. The van der Waals surface area contributed by atoms with Gasteiger partial charge >= 0.3 is 0 Å². The Balaban J connectivity index is 1.09. The fourth-order valence-corrected chi connectivity index (χ4v) is 7.30. The second-order valence-electron chi connectivity index (χ2n) is 11.4. The van der Waals surface area contributed by atoms with Gasteiger partial charge in [-0.25, -0.2) is 15.0 Å². The lowest BCUT2D eigenvalue weighted by molar-refractivity contribution is 1.07. The zero-order valence-corrected chi connectivity index (χ0v) is 25.9. The van der Waals surface area contributed by atoms with E-state index in [9.17, 15) is 0 Å². The van der Waals surface area contributed by atoms with Crippen LogP contribution in [0.25, 0.3) is 87.6 Å². The van der Waals surface area contributed by atoms with Gasteiger partial charge in [-0.2, -0.15) is 0 Å². The third-order valence-corrected chi connectivity index (χ3v) is 9.63. The number of benzene rings is 5. The number of hydrogen-bond donors (Lipinski definition) is 0. The van der Waals surface area contributed by atoms with Crippen LogP contribution in [0.1, 0.15) is 0 Å². The van der Waals surface area contributed by atoms with Gasteiger partial charge in [0.15, 0.2) is 17.5 Å². The van der Waals surface area contributed by atoms with Crippen LogP contribution in [-0.4, -0.2) is 24.9 Å². The van der Waals surface area contributed by atoms with Crippen LogP contribution in [-0.2, 0) is 0 Å². The van der Waals surface area contributed by atoms with E-state index in [1.54, 1.807) is 11.3 Å². The van der Waals surface area contributed by atoms with Gasteiger partial charge in [-0.15, -0.1) is 11.3 Å². The van der Waals surface area contributed by atoms with Gasteiger partial charge in [-0.1, -0.05) is 121 Å². The molecule has 0 N–H and O–H groups in total. The van der Waals surface area contributed by atoms with Gasteiger partial charge in [-0.3, -0.25) is 9.97 Å². The first-order chi connectivity index (χ1) is 23.3. The summed E-state index contributed by atoms with van der Waals surface area (Å²) in [7, 11) is 0. The lowest BCUT2D eigenvalue weighted by Crippen LogP contribution is -2.00. The van der Waals surface area contributed by atoms with Gasteiger partial charge in [0.2, 0.25) is 0 Å². The predicted octanol–water partition coefficient (Wildman–Crippen LogP) is 10.5. The van der Waals surface area contributed by atoms with Crippen molar-refractivity contribution in [2.24, 2.45) is 0 Å². The van der Waals surface area contributed by atoms with E-state index < -0.39 is 0 Å². The first kappa shape index (κ1) is 27.2. The van der Waals surface area contributed by atoms with E-state index in [2.05, 4.69) is 78.9 Å². The summed E-state index contributed by atoms with van der Waals surface area (Å²) in [4.78, 5) is 24.4. The van der Waals surface area contributed by atoms with E-state index in [4.69, 9.17) is 24.9 Å². The Morgan fingerprint density at radius 3 is 1.77 bits per heavy atom. The molecule has 0 amide bonds. The van der Waals surface area contributed by atoms with Crippen LogP contribution < -0.4 is 0 Å². The van der Waals surface area contributed by atoms with Crippen LogP contribution in [0, 0.1) is 0 Å². The monoisotopic (exact) mass is 619 g/mol. The predicted molar refractivity (Wildman–Crippen MR) is 193 cm³/mol. The number of para-hydroxylation sites is 1. The van der Waals surface area contributed by atoms with Gasteiger partial charge in [0, 0.05) is 61.1 Å². The minimum absolute atomic E-state index is 0.633. The molecule has 6 heteroatoms. The molecule has 9 rings (SSSR count). The molecule has 0 bridgehead atoms. The van der Waals surface area contributed by atoms with Crippen molar-refractivity contribution in [1.29, 1.82) is 0 Å². The molecular formula is C41H25N5S. The number of pyridine rings is 2. The molecule has 4 aromatic heterocycles. The maximum atomic E-state index is 5.00. The van der Waals surface area contributed by atoms with E-state index in [0.717, 1.165) is 50.0 Å². The second-order valence-corrected chi connectivity index (χ2v) is 12.4. The molecule has 4 heterocycles. The van der Waals surface area contributed by atoms with Crippen molar-refractivity contribution < 1.29 is 0 Å². The molecular weight excluding hydrogens is 595 g/mol. The third-order valence-electron chi connectivity index (χ3n) is 8.44. The number of rotatable bonds is 5. The molecule has 0 saturated heterocycles. The van der Waals surface area contributed by atoms with Crippen LogP contribution >= 0.6 is 11.3 Å². The molecule has 5 aromatic carbocycles. The minimum Gasteiger partial charge on any atom is -0.255 e. The zero-order chi connectivity index (χ0) is 31.2. The van der Waals surface area contributed by atoms with Crippen molar-refractivity contribution in [2.45, 2.75) is 0 Å². The number of aromatic nitrogens is 5. The van der Waals surface area contributed by atoms with Crippen LogP contribution in [0.3, 0.4) is 0 Å². The fourth-order valence-electron chi connectivity index (χ4n) is 6.10. The Bertz CT molecular complexity index is 2500. The Labute approximate surface area is 275 Å². The molecule has 9 aromatic rings. The van der Waals surface area contributed by atoms with Gasteiger partial charge in [-0.05, 0) is 23.8 Å². The van der Waals surface area contributed by atoms with Crippen molar-refractivity contribution >= 4 is 42.4 Å². The highest BCUT2D eigenvalue weighted by molar-refractivity contribution is 7.26. The number of fused-ring (bicyclic) bond motifs is 4. The molecule has 0 spiro atoms. The van der Waals surface area contributed by atoms with E-state index in [-0.39, 0.29) is 0 Å². The highest BCUT2D eigenvalue weighted by Crippen LogP contribution is 2.40. The standard InChI is InChI=1S/C41H25N5S/c1-3-10-27(11-4-1)39-44-40(28-12-5-2-6-13-28)46-41(45-39)29-20-18-26(19-21-29)31-24-30-14-9-16-34(36(30)43-25-31)37-38-33(22-23-42-37)32-15-7-8-17-35(32)47-38/h1-25H. The summed E-state index contributed by atoms with van der Waals surface area (Å²) in [6.07, 6.45) is 3.86. The molecule has 0 aliphatic heterocycles. The third kappa shape index (κ3) is 4.92. The van der Waals surface area contributed by atoms with Crippen molar-refractivity contribution in [3.05, 3.63) is 152 Å². The molecule has 0 atom stereocenters. The van der Waals surface area contributed by atoms with Crippen molar-refractivity contribution in [3.63, 3.8) is 0 Å². The average Bonchev–Trinajstić information content (AvgIpc) is 3.54. The molecule has 47 heavy (non-hydrogen) atoms. The van der Waals surface area contributed by atoms with Gasteiger partial charge in [0.1, 0.15) is 0 Å². The van der Waals surface area contributed by atoms with Crippen LogP contribution in [0.2, 0.25) is 0 Å². The van der Waals surface area contributed by atoms with E-state index >= 15 is 0 Å².